The molecule has 4 rings (SSSR count). The standard InChI is InChI=1S/C18H25N/c1-10-4-5-11(2)15(8-10)12(3)19-18-16-13-6-7-14(9-13)17(16)18/h4-5,8,12-14,16-19H,6-7,9H2,1-3H3. The first-order valence-electron chi connectivity index (χ1n) is 7.98. The zero-order valence-electron chi connectivity index (χ0n) is 12.3. The molecule has 0 aromatic heterocycles. The van der Waals surface area contributed by atoms with Gasteiger partial charge in [0.15, 0.2) is 0 Å². The van der Waals surface area contributed by atoms with Crippen molar-refractivity contribution < 1.29 is 0 Å². The van der Waals surface area contributed by atoms with E-state index in [1.54, 1.807) is 6.42 Å². The third-order valence-corrected chi connectivity index (χ3v) is 6.08. The van der Waals surface area contributed by atoms with Gasteiger partial charge in [-0.2, -0.15) is 0 Å². The first kappa shape index (κ1) is 12.0. The van der Waals surface area contributed by atoms with E-state index in [1.807, 2.05) is 0 Å². The molecule has 1 heteroatoms. The van der Waals surface area contributed by atoms with Gasteiger partial charge in [-0.1, -0.05) is 23.8 Å². The van der Waals surface area contributed by atoms with E-state index < -0.39 is 0 Å². The second-order valence-electron chi connectivity index (χ2n) is 7.26. The summed E-state index contributed by atoms with van der Waals surface area (Å²) in [7, 11) is 0. The van der Waals surface area contributed by atoms with Crippen LogP contribution in [0.15, 0.2) is 18.2 Å². The van der Waals surface area contributed by atoms with Crippen LogP contribution >= 0.6 is 0 Å². The zero-order valence-corrected chi connectivity index (χ0v) is 12.3. The van der Waals surface area contributed by atoms with Crippen LogP contribution in [0.2, 0.25) is 0 Å². The molecule has 1 N–H and O–H groups in total. The van der Waals surface area contributed by atoms with E-state index >= 15 is 0 Å². The second-order valence-corrected chi connectivity index (χ2v) is 7.26. The number of hydrogen-bond acceptors (Lipinski definition) is 1. The Bertz CT molecular complexity index is 490. The van der Waals surface area contributed by atoms with E-state index in [-0.39, 0.29) is 0 Å². The molecule has 102 valence electrons. The lowest BCUT2D eigenvalue weighted by Crippen LogP contribution is -2.26. The van der Waals surface area contributed by atoms with Crippen molar-refractivity contribution in [3.63, 3.8) is 0 Å². The van der Waals surface area contributed by atoms with Crippen molar-refractivity contribution in [2.24, 2.45) is 23.7 Å². The van der Waals surface area contributed by atoms with E-state index in [9.17, 15) is 0 Å². The number of fused-ring (bicyclic) bond motifs is 5. The predicted molar refractivity (Wildman–Crippen MR) is 79.1 cm³/mol. The summed E-state index contributed by atoms with van der Waals surface area (Å²) in [6, 6.07) is 8.19. The Hall–Kier alpha value is -0.820. The number of nitrogens with one attached hydrogen (secondary N) is 1. The van der Waals surface area contributed by atoms with Gasteiger partial charge < -0.3 is 5.32 Å². The molecule has 0 heterocycles. The smallest absolute Gasteiger partial charge is 0.0297 e. The van der Waals surface area contributed by atoms with Crippen LogP contribution < -0.4 is 5.32 Å². The van der Waals surface area contributed by atoms with Crippen molar-refractivity contribution in [3.8, 4) is 0 Å². The fraction of sp³-hybridized carbons (Fsp3) is 0.667. The van der Waals surface area contributed by atoms with Gasteiger partial charge >= 0.3 is 0 Å². The molecule has 5 atom stereocenters. The van der Waals surface area contributed by atoms with E-state index in [1.165, 1.54) is 29.5 Å². The van der Waals surface area contributed by atoms with E-state index in [2.05, 4.69) is 44.3 Å². The number of aryl methyl sites for hydroxylation is 2. The monoisotopic (exact) mass is 255 g/mol. The summed E-state index contributed by atoms with van der Waals surface area (Å²) in [5.41, 5.74) is 4.31. The van der Waals surface area contributed by atoms with Gasteiger partial charge in [0.05, 0.1) is 0 Å². The Morgan fingerprint density at radius 3 is 2.47 bits per heavy atom. The first-order chi connectivity index (χ1) is 9.15. The van der Waals surface area contributed by atoms with Crippen LogP contribution in [0.4, 0.5) is 0 Å². The van der Waals surface area contributed by atoms with Crippen LogP contribution in [0.5, 0.6) is 0 Å². The van der Waals surface area contributed by atoms with Gasteiger partial charge in [0.1, 0.15) is 0 Å². The summed E-state index contributed by atoms with van der Waals surface area (Å²) in [4.78, 5) is 0. The average molecular weight is 255 g/mol. The summed E-state index contributed by atoms with van der Waals surface area (Å²) in [6.45, 7) is 6.78. The van der Waals surface area contributed by atoms with Crippen molar-refractivity contribution in [2.75, 3.05) is 0 Å². The lowest BCUT2D eigenvalue weighted by molar-refractivity contribution is 0.432. The quantitative estimate of drug-likeness (QED) is 0.861. The first-order valence-corrected chi connectivity index (χ1v) is 7.98. The van der Waals surface area contributed by atoms with Gasteiger partial charge in [-0.15, -0.1) is 0 Å². The largest absolute Gasteiger partial charge is 0.307 e. The molecule has 1 aromatic rings. The number of hydrogen-bond donors (Lipinski definition) is 1. The van der Waals surface area contributed by atoms with Gasteiger partial charge in [-0.25, -0.2) is 0 Å². The Balaban J connectivity index is 1.48. The molecule has 0 spiro atoms. The molecule has 3 aliphatic rings. The van der Waals surface area contributed by atoms with E-state index in [0.29, 0.717) is 6.04 Å². The molecule has 1 nitrogen and oxygen atoms in total. The van der Waals surface area contributed by atoms with E-state index in [0.717, 1.165) is 29.7 Å². The third kappa shape index (κ3) is 1.78. The molecule has 0 saturated heterocycles. The van der Waals surface area contributed by atoms with Crippen LogP contribution in [0.25, 0.3) is 0 Å². The normalized spacial score (nSPS) is 40.3. The molecular weight excluding hydrogens is 230 g/mol. The minimum Gasteiger partial charge on any atom is -0.307 e. The molecule has 1 aromatic carbocycles. The minimum atomic E-state index is 0.509. The van der Waals surface area contributed by atoms with Gasteiger partial charge in [-0.05, 0) is 74.8 Å². The van der Waals surface area contributed by atoms with Crippen LogP contribution in [0.3, 0.4) is 0 Å². The summed E-state index contributed by atoms with van der Waals surface area (Å²) < 4.78 is 0. The molecule has 3 saturated carbocycles. The molecule has 5 unspecified atom stereocenters. The lowest BCUT2D eigenvalue weighted by Gasteiger charge is -2.19. The summed E-state index contributed by atoms with van der Waals surface area (Å²) in [6.07, 6.45) is 4.58. The Labute approximate surface area is 116 Å². The van der Waals surface area contributed by atoms with E-state index in [4.69, 9.17) is 0 Å². The van der Waals surface area contributed by atoms with Gasteiger partial charge in [-0.3, -0.25) is 0 Å². The van der Waals surface area contributed by atoms with Crippen LogP contribution in [0.1, 0.15) is 48.9 Å². The third-order valence-electron chi connectivity index (χ3n) is 6.08. The van der Waals surface area contributed by atoms with Gasteiger partial charge in [0.2, 0.25) is 0 Å². The molecule has 2 bridgehead atoms. The van der Waals surface area contributed by atoms with Crippen molar-refractivity contribution >= 4 is 0 Å². The maximum atomic E-state index is 3.94. The lowest BCUT2D eigenvalue weighted by atomic mass is 9.99. The fourth-order valence-electron chi connectivity index (χ4n) is 5.15. The van der Waals surface area contributed by atoms with Gasteiger partial charge in [0, 0.05) is 12.1 Å². The van der Waals surface area contributed by atoms with Crippen LogP contribution in [-0.2, 0) is 0 Å². The van der Waals surface area contributed by atoms with Crippen molar-refractivity contribution in [3.05, 3.63) is 34.9 Å². The van der Waals surface area contributed by atoms with Gasteiger partial charge in [0.25, 0.3) is 0 Å². The predicted octanol–water partition coefficient (Wildman–Crippen LogP) is 4.00. The zero-order chi connectivity index (χ0) is 13.1. The maximum Gasteiger partial charge on any atom is 0.0297 e. The summed E-state index contributed by atoms with van der Waals surface area (Å²) in [5.74, 6) is 4.20. The number of rotatable bonds is 3. The van der Waals surface area contributed by atoms with Crippen molar-refractivity contribution in [2.45, 2.75) is 52.1 Å². The van der Waals surface area contributed by atoms with Crippen molar-refractivity contribution in [1.29, 1.82) is 0 Å². The Kier molecular flexibility index (Phi) is 2.57. The Morgan fingerprint density at radius 2 is 1.79 bits per heavy atom. The van der Waals surface area contributed by atoms with Crippen LogP contribution in [0, 0.1) is 37.5 Å². The fourth-order valence-corrected chi connectivity index (χ4v) is 5.15. The highest BCUT2D eigenvalue weighted by atomic mass is 15.0. The van der Waals surface area contributed by atoms with Crippen LogP contribution in [-0.4, -0.2) is 6.04 Å². The molecule has 3 aliphatic carbocycles. The second kappa shape index (κ2) is 4.09. The molecule has 19 heavy (non-hydrogen) atoms. The summed E-state index contributed by atoms with van der Waals surface area (Å²) in [5, 5.41) is 3.94. The molecule has 3 fully saturated rings. The highest BCUT2D eigenvalue weighted by Gasteiger charge is 2.64. The Morgan fingerprint density at radius 1 is 1.11 bits per heavy atom. The number of benzene rings is 1. The maximum absolute atomic E-state index is 3.94. The highest BCUT2D eigenvalue weighted by molar-refractivity contribution is 5.33. The highest BCUT2D eigenvalue weighted by Crippen LogP contribution is 2.65. The molecule has 0 radical (unpaired) electrons. The average Bonchev–Trinajstić information content (AvgIpc) is 2.80. The summed E-state index contributed by atoms with van der Waals surface area (Å²) >= 11 is 0. The molecule has 0 aliphatic heterocycles. The van der Waals surface area contributed by atoms with Crippen molar-refractivity contribution in [1.82, 2.24) is 5.32 Å². The molecular formula is C18H25N. The SMILES string of the molecule is Cc1ccc(C)c(C(C)NC2C3C4CCC(C4)C23)c1. The minimum absolute atomic E-state index is 0.509. The molecule has 0 amide bonds. The topological polar surface area (TPSA) is 12.0 Å².